The largest absolute Gasteiger partial charge is 0.462 e. The number of carbonyl (C=O) groups excluding carboxylic acids is 1. The summed E-state index contributed by atoms with van der Waals surface area (Å²) in [5.74, 6) is 8.13. The van der Waals surface area contributed by atoms with Gasteiger partial charge < -0.3 is 4.74 Å². The number of nitrogens with two attached hydrogens (primary N) is 1. The Hall–Kier alpha value is -0.870. The van der Waals surface area contributed by atoms with E-state index >= 15 is 0 Å². The minimum Gasteiger partial charge on any atom is -0.462 e. The molecule has 4 aliphatic rings. The second kappa shape index (κ2) is 6.09. The number of nitrogens with one attached hydrogen (secondary N) is 1. The van der Waals surface area contributed by atoms with Crippen molar-refractivity contribution < 1.29 is 9.53 Å². The van der Waals surface area contributed by atoms with Crippen LogP contribution in [0.3, 0.4) is 0 Å². The Labute approximate surface area is 151 Å². The molecule has 3 fully saturated rings. The Morgan fingerprint density at radius 1 is 1.20 bits per heavy atom. The highest BCUT2D eigenvalue weighted by Gasteiger charge is 2.58. The molecular weight excluding hydrogens is 312 g/mol. The van der Waals surface area contributed by atoms with E-state index in [1.54, 1.807) is 5.57 Å². The highest BCUT2D eigenvalue weighted by atomic mass is 16.5. The van der Waals surface area contributed by atoms with Crippen LogP contribution in [0.5, 0.6) is 0 Å². The molecule has 0 heterocycles. The van der Waals surface area contributed by atoms with Gasteiger partial charge in [0, 0.05) is 19.4 Å². The van der Waals surface area contributed by atoms with Gasteiger partial charge in [-0.05, 0) is 73.5 Å². The number of fused-ring (bicyclic) bond motifs is 5. The van der Waals surface area contributed by atoms with E-state index in [-0.39, 0.29) is 12.1 Å². The van der Waals surface area contributed by atoms with Gasteiger partial charge in [0.05, 0.1) is 0 Å². The average molecular weight is 347 g/mol. The van der Waals surface area contributed by atoms with Gasteiger partial charge in [-0.1, -0.05) is 25.5 Å². The zero-order valence-corrected chi connectivity index (χ0v) is 16.0. The Balaban J connectivity index is 1.58. The van der Waals surface area contributed by atoms with Crippen LogP contribution < -0.4 is 11.3 Å². The minimum absolute atomic E-state index is 0.0968. The molecular formula is C21H34N2O2. The van der Waals surface area contributed by atoms with Crippen LogP contribution in [0.25, 0.3) is 0 Å². The molecule has 25 heavy (non-hydrogen) atoms. The second-order valence-corrected chi connectivity index (χ2v) is 9.57. The molecule has 4 heteroatoms. The Kier molecular flexibility index (Phi) is 4.27. The molecule has 2 unspecified atom stereocenters. The van der Waals surface area contributed by atoms with Gasteiger partial charge in [0.1, 0.15) is 6.10 Å². The molecule has 0 spiro atoms. The summed E-state index contributed by atoms with van der Waals surface area (Å²) in [6.07, 6.45) is 12.1. The highest BCUT2D eigenvalue weighted by molar-refractivity contribution is 5.66. The summed E-state index contributed by atoms with van der Waals surface area (Å²) >= 11 is 0. The van der Waals surface area contributed by atoms with Crippen LogP contribution in [-0.4, -0.2) is 18.1 Å². The molecule has 0 saturated heterocycles. The third-order valence-corrected chi connectivity index (χ3v) is 8.59. The first-order valence-electron chi connectivity index (χ1n) is 10.2. The van der Waals surface area contributed by atoms with Crippen LogP contribution in [0.4, 0.5) is 0 Å². The van der Waals surface area contributed by atoms with E-state index in [9.17, 15) is 4.79 Å². The van der Waals surface area contributed by atoms with Crippen LogP contribution >= 0.6 is 0 Å². The van der Waals surface area contributed by atoms with E-state index in [2.05, 4.69) is 25.3 Å². The number of ether oxygens (including phenoxy) is 1. The molecule has 4 rings (SSSR count). The van der Waals surface area contributed by atoms with E-state index in [4.69, 9.17) is 10.6 Å². The van der Waals surface area contributed by atoms with Gasteiger partial charge in [-0.15, -0.1) is 0 Å². The van der Waals surface area contributed by atoms with Crippen molar-refractivity contribution in [2.24, 2.45) is 34.4 Å². The Morgan fingerprint density at radius 3 is 2.72 bits per heavy atom. The number of hydrogen-bond donors (Lipinski definition) is 2. The van der Waals surface area contributed by atoms with Gasteiger partial charge in [0.2, 0.25) is 0 Å². The van der Waals surface area contributed by atoms with Crippen LogP contribution in [0.15, 0.2) is 11.6 Å². The average Bonchev–Trinajstić information content (AvgIpc) is 2.91. The normalized spacial score (nSPS) is 48.8. The van der Waals surface area contributed by atoms with Gasteiger partial charge in [0.25, 0.3) is 0 Å². The number of rotatable bonds is 2. The highest BCUT2D eigenvalue weighted by Crippen LogP contribution is 2.64. The van der Waals surface area contributed by atoms with E-state index < -0.39 is 0 Å². The van der Waals surface area contributed by atoms with Crippen molar-refractivity contribution in [3.05, 3.63) is 11.6 Å². The first-order chi connectivity index (χ1) is 11.9. The third-order valence-electron chi connectivity index (χ3n) is 8.59. The number of esters is 1. The van der Waals surface area contributed by atoms with Gasteiger partial charge in [0.15, 0.2) is 0 Å². The van der Waals surface area contributed by atoms with E-state index in [1.165, 1.54) is 45.4 Å². The van der Waals surface area contributed by atoms with Crippen molar-refractivity contribution >= 4 is 5.97 Å². The molecule has 3 saturated carbocycles. The Bertz CT molecular complexity index is 588. The topological polar surface area (TPSA) is 64.3 Å². The van der Waals surface area contributed by atoms with Gasteiger partial charge in [-0.2, -0.15) is 0 Å². The van der Waals surface area contributed by atoms with E-state index in [0.29, 0.717) is 16.9 Å². The molecule has 0 aliphatic heterocycles. The number of carbonyl (C=O) groups is 1. The van der Waals surface area contributed by atoms with Crippen molar-refractivity contribution in [3.63, 3.8) is 0 Å². The predicted molar refractivity (Wildman–Crippen MR) is 98.4 cm³/mol. The first kappa shape index (κ1) is 17.5. The number of allylic oxidation sites excluding steroid dienone is 1. The molecule has 0 aromatic carbocycles. The monoisotopic (exact) mass is 346 g/mol. The Morgan fingerprint density at radius 2 is 2.00 bits per heavy atom. The molecule has 3 N–H and O–H groups in total. The van der Waals surface area contributed by atoms with Gasteiger partial charge in [-0.3, -0.25) is 16.1 Å². The molecule has 4 nitrogen and oxygen atoms in total. The summed E-state index contributed by atoms with van der Waals surface area (Å²) in [7, 11) is 0. The van der Waals surface area contributed by atoms with Crippen molar-refractivity contribution in [1.29, 1.82) is 0 Å². The lowest BCUT2D eigenvalue weighted by molar-refractivity contribution is -0.148. The van der Waals surface area contributed by atoms with Crippen LogP contribution in [0.2, 0.25) is 0 Å². The fourth-order valence-electron chi connectivity index (χ4n) is 7.24. The summed E-state index contributed by atoms with van der Waals surface area (Å²) in [4.78, 5) is 11.3. The summed E-state index contributed by atoms with van der Waals surface area (Å²) in [5, 5.41) is 0. The molecule has 0 bridgehead atoms. The number of hydrogen-bond acceptors (Lipinski definition) is 4. The molecule has 0 amide bonds. The second-order valence-electron chi connectivity index (χ2n) is 9.57. The summed E-state index contributed by atoms with van der Waals surface area (Å²) in [6, 6.07) is 0.483. The number of hydrazine groups is 1. The maximum absolute atomic E-state index is 11.3. The van der Waals surface area contributed by atoms with Crippen molar-refractivity contribution in [1.82, 2.24) is 5.43 Å². The third kappa shape index (κ3) is 2.59. The fraction of sp³-hybridized carbons (Fsp3) is 0.857. The summed E-state index contributed by atoms with van der Waals surface area (Å²) in [5.41, 5.74) is 5.38. The van der Waals surface area contributed by atoms with Crippen LogP contribution in [0.1, 0.15) is 72.1 Å². The van der Waals surface area contributed by atoms with Gasteiger partial charge in [-0.25, -0.2) is 0 Å². The predicted octanol–water partition coefficient (Wildman–Crippen LogP) is 3.71. The lowest BCUT2D eigenvalue weighted by atomic mass is 9.48. The quantitative estimate of drug-likeness (QED) is 0.346. The van der Waals surface area contributed by atoms with Crippen LogP contribution in [-0.2, 0) is 9.53 Å². The maximum atomic E-state index is 11.3. The van der Waals surface area contributed by atoms with Gasteiger partial charge >= 0.3 is 5.97 Å². The van der Waals surface area contributed by atoms with E-state index in [1.807, 2.05) is 0 Å². The minimum atomic E-state index is -0.136. The van der Waals surface area contributed by atoms with Crippen molar-refractivity contribution in [2.45, 2.75) is 84.3 Å². The van der Waals surface area contributed by atoms with Crippen molar-refractivity contribution in [2.75, 3.05) is 0 Å². The molecule has 0 aromatic rings. The standard InChI is InChI=1S/C21H34N2O2/c1-13(24)25-15-8-10-20(2)14(12-15)4-5-16-17-6-7-19(23-22)21(17,3)11-9-18(16)20/h4,15-19,23H,5-12,22H2,1-3H3/t15?,16-,17-,18+,19?,20-,21-/m0/s1. The lowest BCUT2D eigenvalue weighted by Gasteiger charge is -2.58. The molecule has 7 atom stereocenters. The molecule has 4 aliphatic carbocycles. The molecule has 0 radical (unpaired) electrons. The van der Waals surface area contributed by atoms with E-state index in [0.717, 1.165) is 30.6 Å². The summed E-state index contributed by atoms with van der Waals surface area (Å²) < 4.78 is 5.53. The molecule has 140 valence electrons. The lowest BCUT2D eigenvalue weighted by Crippen LogP contribution is -2.54. The molecule has 0 aromatic heterocycles. The maximum Gasteiger partial charge on any atom is 0.302 e. The van der Waals surface area contributed by atoms with Crippen molar-refractivity contribution in [3.8, 4) is 0 Å². The zero-order valence-electron chi connectivity index (χ0n) is 16.0. The SMILES string of the molecule is CC(=O)OC1CC[C@@]2(C)C(=CC[C@@H]3[C@H]2CC[C@]2(C)C(NN)CC[C@@H]32)C1. The zero-order chi connectivity index (χ0) is 17.8. The van der Waals surface area contributed by atoms with Crippen LogP contribution in [0, 0.1) is 28.6 Å². The fourth-order valence-corrected chi connectivity index (χ4v) is 7.24. The smallest absolute Gasteiger partial charge is 0.302 e. The summed E-state index contributed by atoms with van der Waals surface area (Å²) in [6.45, 7) is 6.50. The first-order valence-corrected chi connectivity index (χ1v) is 10.2.